The number of sulfonamides is 1. The van der Waals surface area contributed by atoms with E-state index >= 15 is 0 Å². The topological polar surface area (TPSA) is 114 Å². The number of ether oxygens (including phenoxy) is 2. The van der Waals surface area contributed by atoms with Crippen molar-refractivity contribution in [3.05, 3.63) is 59.7 Å². The molecule has 0 aliphatic rings. The molecule has 0 aliphatic carbocycles. The zero-order valence-electron chi connectivity index (χ0n) is 14.8. The molecule has 0 aromatic heterocycles. The van der Waals surface area contributed by atoms with E-state index in [0.29, 0.717) is 22.6 Å². The number of methoxy groups -OCH3 is 2. The molecule has 2 aromatic rings. The molecule has 1 amide bonds. The predicted octanol–water partition coefficient (Wildman–Crippen LogP) is 1.70. The fourth-order valence-electron chi connectivity index (χ4n) is 2.22. The summed E-state index contributed by atoms with van der Waals surface area (Å²) in [5.74, 6) is 0.393. The second kappa shape index (κ2) is 9.17. The van der Waals surface area contributed by atoms with E-state index in [0.717, 1.165) is 6.08 Å². The van der Waals surface area contributed by atoms with E-state index in [1.165, 1.54) is 37.9 Å². The number of carbonyl (C=O) groups is 1. The average Bonchev–Trinajstić information content (AvgIpc) is 2.70. The smallest absolute Gasteiger partial charge is 0.267 e. The van der Waals surface area contributed by atoms with Gasteiger partial charge in [-0.1, -0.05) is 12.1 Å². The van der Waals surface area contributed by atoms with Gasteiger partial charge in [0.25, 0.3) is 5.91 Å². The largest absolute Gasteiger partial charge is 0.497 e. The summed E-state index contributed by atoms with van der Waals surface area (Å²) in [5, 5.41) is 8.48. The standard InChI is InChI=1S/C18H20N2O6S/c1-25-15-8-14(9-16(11-15)26-2)12-19-27(23,24)17-5-3-4-13(10-17)6-7-18(21)20-22/h3-11,19,22H,12H2,1-2H3,(H,20,21)/b7-6+. The van der Waals surface area contributed by atoms with Gasteiger partial charge in [-0.25, -0.2) is 18.6 Å². The summed E-state index contributed by atoms with van der Waals surface area (Å²) in [6.07, 6.45) is 2.47. The number of nitrogens with one attached hydrogen (secondary N) is 2. The first-order chi connectivity index (χ1) is 12.9. The third-order valence-corrected chi connectivity index (χ3v) is 4.98. The van der Waals surface area contributed by atoms with Crippen LogP contribution in [0.1, 0.15) is 11.1 Å². The molecule has 0 bridgehead atoms. The van der Waals surface area contributed by atoms with Crippen molar-refractivity contribution in [3.63, 3.8) is 0 Å². The molecule has 8 nitrogen and oxygen atoms in total. The highest BCUT2D eigenvalue weighted by molar-refractivity contribution is 7.89. The molecule has 0 atom stereocenters. The lowest BCUT2D eigenvalue weighted by Crippen LogP contribution is -2.23. The Balaban J connectivity index is 2.17. The van der Waals surface area contributed by atoms with Crippen molar-refractivity contribution in [3.8, 4) is 11.5 Å². The van der Waals surface area contributed by atoms with E-state index in [1.54, 1.807) is 30.3 Å². The Morgan fingerprint density at radius 1 is 1.11 bits per heavy atom. The maximum Gasteiger partial charge on any atom is 0.267 e. The summed E-state index contributed by atoms with van der Waals surface area (Å²) in [6.45, 7) is 0.0445. The van der Waals surface area contributed by atoms with Gasteiger partial charge < -0.3 is 9.47 Å². The van der Waals surface area contributed by atoms with Gasteiger partial charge in [-0.3, -0.25) is 10.0 Å². The van der Waals surface area contributed by atoms with Crippen molar-refractivity contribution in [2.75, 3.05) is 14.2 Å². The highest BCUT2D eigenvalue weighted by Crippen LogP contribution is 2.23. The zero-order chi connectivity index (χ0) is 19.9. The molecule has 0 unspecified atom stereocenters. The number of hydrogen-bond acceptors (Lipinski definition) is 6. The van der Waals surface area contributed by atoms with Crippen molar-refractivity contribution in [1.29, 1.82) is 0 Å². The Bertz CT molecular complexity index is 918. The maximum absolute atomic E-state index is 12.5. The van der Waals surface area contributed by atoms with E-state index in [2.05, 4.69) is 4.72 Å². The van der Waals surface area contributed by atoms with Crippen molar-refractivity contribution in [2.45, 2.75) is 11.4 Å². The second-order valence-corrected chi connectivity index (χ2v) is 7.19. The lowest BCUT2D eigenvalue weighted by atomic mass is 10.2. The summed E-state index contributed by atoms with van der Waals surface area (Å²) in [4.78, 5) is 11.1. The van der Waals surface area contributed by atoms with Crippen LogP contribution in [0, 0.1) is 0 Å². The molecule has 144 valence electrons. The predicted molar refractivity (Wildman–Crippen MR) is 99.0 cm³/mol. The molecule has 0 radical (unpaired) electrons. The molecule has 0 aliphatic heterocycles. The van der Waals surface area contributed by atoms with Gasteiger partial charge in [-0.05, 0) is 41.5 Å². The Labute approximate surface area is 157 Å². The molecule has 2 rings (SSSR count). The minimum atomic E-state index is -3.78. The first kappa shape index (κ1) is 20.4. The molecule has 0 saturated carbocycles. The van der Waals surface area contributed by atoms with Crippen LogP contribution in [0.25, 0.3) is 6.08 Å². The number of amides is 1. The van der Waals surface area contributed by atoms with Crippen LogP contribution >= 0.6 is 0 Å². The van der Waals surface area contributed by atoms with E-state index < -0.39 is 15.9 Å². The molecule has 0 heterocycles. The fraction of sp³-hybridized carbons (Fsp3) is 0.167. The van der Waals surface area contributed by atoms with Crippen molar-refractivity contribution in [2.24, 2.45) is 0 Å². The summed E-state index contributed by atoms with van der Waals surface area (Å²) >= 11 is 0. The minimum Gasteiger partial charge on any atom is -0.497 e. The van der Waals surface area contributed by atoms with Gasteiger partial charge in [0.1, 0.15) is 11.5 Å². The lowest BCUT2D eigenvalue weighted by molar-refractivity contribution is -0.124. The Hall–Kier alpha value is -2.88. The Morgan fingerprint density at radius 2 is 1.78 bits per heavy atom. The number of rotatable bonds is 8. The van der Waals surface area contributed by atoms with Gasteiger partial charge >= 0.3 is 0 Å². The van der Waals surface area contributed by atoms with Gasteiger partial charge in [0.15, 0.2) is 0 Å². The highest BCUT2D eigenvalue weighted by Gasteiger charge is 2.14. The SMILES string of the molecule is COc1cc(CNS(=O)(=O)c2cccc(/C=C/C(=O)NO)c2)cc(OC)c1. The molecule has 0 spiro atoms. The van der Waals surface area contributed by atoms with Gasteiger partial charge in [0.05, 0.1) is 19.1 Å². The van der Waals surface area contributed by atoms with E-state index in [-0.39, 0.29) is 11.4 Å². The number of hydrogen-bond donors (Lipinski definition) is 3. The van der Waals surface area contributed by atoms with E-state index in [1.807, 2.05) is 0 Å². The Kier molecular flexibility index (Phi) is 6.94. The van der Waals surface area contributed by atoms with Gasteiger partial charge in [0, 0.05) is 18.7 Å². The monoisotopic (exact) mass is 392 g/mol. The quantitative estimate of drug-likeness (QED) is 0.358. The van der Waals surface area contributed by atoms with Crippen LogP contribution in [0.4, 0.5) is 0 Å². The third kappa shape index (κ3) is 5.81. The molecular weight excluding hydrogens is 372 g/mol. The van der Waals surface area contributed by atoms with Crippen molar-refractivity contribution < 1.29 is 27.9 Å². The van der Waals surface area contributed by atoms with Crippen LogP contribution in [0.2, 0.25) is 0 Å². The maximum atomic E-state index is 12.5. The highest BCUT2D eigenvalue weighted by atomic mass is 32.2. The molecular formula is C18H20N2O6S. The van der Waals surface area contributed by atoms with E-state index in [9.17, 15) is 13.2 Å². The zero-order valence-corrected chi connectivity index (χ0v) is 15.6. The molecule has 0 saturated heterocycles. The first-order valence-electron chi connectivity index (χ1n) is 7.82. The molecule has 9 heteroatoms. The van der Waals surface area contributed by atoms with Crippen LogP contribution in [0.3, 0.4) is 0 Å². The summed E-state index contributed by atoms with van der Waals surface area (Å²) < 4.78 is 37.9. The van der Waals surface area contributed by atoms with Gasteiger partial charge in [0.2, 0.25) is 10.0 Å². The minimum absolute atomic E-state index is 0.0445. The molecule has 0 fully saturated rings. The number of carbonyl (C=O) groups excluding carboxylic acids is 1. The normalized spacial score (nSPS) is 11.4. The van der Waals surface area contributed by atoms with Crippen LogP contribution in [-0.4, -0.2) is 33.8 Å². The van der Waals surface area contributed by atoms with E-state index in [4.69, 9.17) is 14.7 Å². The Morgan fingerprint density at radius 3 is 2.37 bits per heavy atom. The number of benzene rings is 2. The summed E-state index contributed by atoms with van der Waals surface area (Å²) in [5.41, 5.74) is 2.62. The fourth-order valence-corrected chi connectivity index (χ4v) is 3.30. The summed E-state index contributed by atoms with van der Waals surface area (Å²) in [7, 11) is -0.754. The molecule has 27 heavy (non-hydrogen) atoms. The summed E-state index contributed by atoms with van der Waals surface area (Å²) in [6, 6.07) is 11.1. The molecule has 2 aromatic carbocycles. The second-order valence-electron chi connectivity index (χ2n) is 5.43. The lowest BCUT2D eigenvalue weighted by Gasteiger charge is -2.10. The van der Waals surface area contributed by atoms with Crippen molar-refractivity contribution >= 4 is 22.0 Å². The molecule has 3 N–H and O–H groups in total. The van der Waals surface area contributed by atoms with Crippen LogP contribution in [-0.2, 0) is 21.4 Å². The third-order valence-electron chi connectivity index (χ3n) is 3.58. The van der Waals surface area contributed by atoms with Gasteiger partial charge in [-0.15, -0.1) is 0 Å². The van der Waals surface area contributed by atoms with Gasteiger partial charge in [-0.2, -0.15) is 0 Å². The van der Waals surface area contributed by atoms with Crippen LogP contribution in [0.5, 0.6) is 11.5 Å². The van der Waals surface area contributed by atoms with Crippen LogP contribution in [0.15, 0.2) is 53.4 Å². The number of hydroxylamine groups is 1. The van der Waals surface area contributed by atoms with Crippen molar-refractivity contribution in [1.82, 2.24) is 10.2 Å². The van der Waals surface area contributed by atoms with Crippen LogP contribution < -0.4 is 19.7 Å². The first-order valence-corrected chi connectivity index (χ1v) is 9.30. The average molecular weight is 392 g/mol.